The predicted molar refractivity (Wildman–Crippen MR) is 86.2 cm³/mol. The summed E-state index contributed by atoms with van der Waals surface area (Å²) in [5.41, 5.74) is 1.93. The number of rotatable bonds is 3. The quantitative estimate of drug-likeness (QED) is 0.768. The number of nitrogens with one attached hydrogen (secondary N) is 2. The topological polar surface area (TPSA) is 84.7 Å². The van der Waals surface area contributed by atoms with Gasteiger partial charge in [0.15, 0.2) is 5.69 Å². The molecular weight excluding hydrogens is 292 g/mol. The van der Waals surface area contributed by atoms with Gasteiger partial charge in [-0.15, -0.1) is 5.10 Å². The van der Waals surface area contributed by atoms with Gasteiger partial charge in [0.05, 0.1) is 17.8 Å². The van der Waals surface area contributed by atoms with Crippen LogP contribution in [0, 0.1) is 0 Å². The highest BCUT2D eigenvalue weighted by molar-refractivity contribution is 6.03. The number of carbonyl (C=O) groups excluding carboxylic acids is 1. The highest BCUT2D eigenvalue weighted by Crippen LogP contribution is 2.18. The highest BCUT2D eigenvalue weighted by atomic mass is 16.2. The van der Waals surface area contributed by atoms with Crippen molar-refractivity contribution in [3.63, 3.8) is 0 Å². The van der Waals surface area contributed by atoms with Gasteiger partial charge < -0.3 is 10.6 Å². The molecule has 0 radical (unpaired) electrons. The van der Waals surface area contributed by atoms with Crippen molar-refractivity contribution >= 4 is 22.5 Å². The van der Waals surface area contributed by atoms with Crippen LogP contribution >= 0.6 is 0 Å². The van der Waals surface area contributed by atoms with Crippen molar-refractivity contribution in [1.29, 1.82) is 0 Å². The van der Waals surface area contributed by atoms with E-state index in [9.17, 15) is 4.79 Å². The first kappa shape index (κ1) is 13.8. The van der Waals surface area contributed by atoms with Crippen LogP contribution in [-0.4, -0.2) is 39.0 Å². The molecule has 1 saturated heterocycles. The number of aromatic nitrogens is 4. The summed E-state index contributed by atoms with van der Waals surface area (Å²) in [6, 6.07) is 9.71. The number of pyridine rings is 1. The Kier molecular flexibility index (Phi) is 3.47. The average Bonchev–Trinajstić information content (AvgIpc) is 3.26. The Morgan fingerprint density at radius 3 is 3.17 bits per heavy atom. The number of amides is 1. The summed E-state index contributed by atoms with van der Waals surface area (Å²) >= 11 is 0. The third-order valence-electron chi connectivity index (χ3n) is 4.01. The highest BCUT2D eigenvalue weighted by Gasteiger charge is 2.19. The molecule has 1 aliphatic rings. The van der Waals surface area contributed by atoms with E-state index in [2.05, 4.69) is 25.9 Å². The summed E-state index contributed by atoms with van der Waals surface area (Å²) in [4.78, 5) is 16.6. The van der Waals surface area contributed by atoms with Crippen LogP contribution in [0.4, 0.5) is 5.69 Å². The van der Waals surface area contributed by atoms with Crippen LogP contribution in [0.2, 0.25) is 0 Å². The van der Waals surface area contributed by atoms with E-state index in [0.29, 0.717) is 11.4 Å². The van der Waals surface area contributed by atoms with E-state index in [1.54, 1.807) is 17.1 Å². The molecule has 1 aromatic carbocycles. The van der Waals surface area contributed by atoms with Crippen LogP contribution in [-0.2, 0) is 0 Å². The fourth-order valence-corrected chi connectivity index (χ4v) is 2.77. The second-order valence-electron chi connectivity index (χ2n) is 5.60. The molecule has 1 fully saturated rings. The first-order chi connectivity index (χ1) is 11.3. The third-order valence-corrected chi connectivity index (χ3v) is 4.01. The molecule has 23 heavy (non-hydrogen) atoms. The number of hydrogen-bond acceptors (Lipinski definition) is 5. The molecule has 2 aromatic heterocycles. The molecule has 1 atom stereocenters. The van der Waals surface area contributed by atoms with Gasteiger partial charge in [0.2, 0.25) is 0 Å². The lowest BCUT2D eigenvalue weighted by atomic mass is 10.2. The summed E-state index contributed by atoms with van der Waals surface area (Å²) in [6.07, 6.45) is 4.45. The number of nitrogens with zero attached hydrogens (tertiary/aromatic N) is 4. The molecule has 0 aliphatic carbocycles. The van der Waals surface area contributed by atoms with Crippen molar-refractivity contribution in [2.75, 3.05) is 18.4 Å². The molecule has 0 bridgehead atoms. The summed E-state index contributed by atoms with van der Waals surface area (Å²) < 4.78 is 1.76. The van der Waals surface area contributed by atoms with E-state index in [-0.39, 0.29) is 11.9 Å². The average molecular weight is 308 g/mol. The first-order valence-corrected chi connectivity index (χ1v) is 7.58. The molecule has 3 heterocycles. The van der Waals surface area contributed by atoms with Crippen LogP contribution in [0.5, 0.6) is 0 Å². The van der Waals surface area contributed by atoms with E-state index in [0.717, 1.165) is 30.4 Å². The van der Waals surface area contributed by atoms with Gasteiger partial charge in [0, 0.05) is 23.8 Å². The van der Waals surface area contributed by atoms with Crippen molar-refractivity contribution in [3.05, 3.63) is 48.4 Å². The Balaban J connectivity index is 1.52. The largest absolute Gasteiger partial charge is 0.321 e. The van der Waals surface area contributed by atoms with Crippen LogP contribution < -0.4 is 10.6 Å². The standard InChI is InChI=1S/C16H16N6O/c23-16(15-10-22(21-20-15)13-5-7-17-9-13)19-12-3-4-14-11(8-12)2-1-6-18-14/h1-4,6,8,10,13,17H,5,7,9H2,(H,19,23). The summed E-state index contributed by atoms with van der Waals surface area (Å²) in [6.45, 7) is 1.83. The van der Waals surface area contributed by atoms with Crippen molar-refractivity contribution in [2.45, 2.75) is 12.5 Å². The summed E-state index contributed by atoms with van der Waals surface area (Å²) in [7, 11) is 0. The van der Waals surface area contributed by atoms with Gasteiger partial charge in [-0.1, -0.05) is 11.3 Å². The molecule has 1 unspecified atom stereocenters. The lowest BCUT2D eigenvalue weighted by Crippen LogP contribution is -2.14. The number of carbonyl (C=O) groups is 1. The van der Waals surface area contributed by atoms with Gasteiger partial charge in [-0.2, -0.15) is 0 Å². The van der Waals surface area contributed by atoms with Gasteiger partial charge in [-0.25, -0.2) is 4.68 Å². The minimum absolute atomic E-state index is 0.259. The molecule has 4 rings (SSSR count). The predicted octanol–water partition coefficient (Wildman–Crippen LogP) is 1.61. The summed E-state index contributed by atoms with van der Waals surface area (Å²) in [5.74, 6) is -0.259. The molecule has 0 saturated carbocycles. The minimum Gasteiger partial charge on any atom is -0.321 e. The zero-order valence-corrected chi connectivity index (χ0v) is 12.4. The molecule has 1 aliphatic heterocycles. The monoisotopic (exact) mass is 308 g/mol. The Hall–Kier alpha value is -2.80. The number of benzene rings is 1. The molecule has 7 heteroatoms. The first-order valence-electron chi connectivity index (χ1n) is 7.58. The smallest absolute Gasteiger partial charge is 0.277 e. The molecule has 7 nitrogen and oxygen atoms in total. The Bertz CT molecular complexity index is 852. The third kappa shape index (κ3) is 2.78. The minimum atomic E-state index is -0.259. The molecule has 0 spiro atoms. The second-order valence-corrected chi connectivity index (χ2v) is 5.60. The number of fused-ring (bicyclic) bond motifs is 1. The Morgan fingerprint density at radius 1 is 1.35 bits per heavy atom. The summed E-state index contributed by atoms with van der Waals surface area (Å²) in [5, 5.41) is 15.2. The molecule has 1 amide bonds. The van der Waals surface area contributed by atoms with Gasteiger partial charge in [-0.05, 0) is 37.2 Å². The normalized spacial score (nSPS) is 17.5. The maximum atomic E-state index is 12.3. The number of hydrogen-bond donors (Lipinski definition) is 2. The van der Waals surface area contributed by atoms with E-state index in [1.165, 1.54) is 0 Å². The van der Waals surface area contributed by atoms with E-state index in [1.807, 2.05) is 30.3 Å². The zero-order valence-electron chi connectivity index (χ0n) is 12.4. The van der Waals surface area contributed by atoms with Gasteiger partial charge >= 0.3 is 0 Å². The van der Waals surface area contributed by atoms with Gasteiger partial charge in [0.1, 0.15) is 0 Å². The van der Waals surface area contributed by atoms with Crippen molar-refractivity contribution in [1.82, 2.24) is 25.3 Å². The lowest BCUT2D eigenvalue weighted by Gasteiger charge is -2.06. The molecule has 3 aromatic rings. The van der Waals surface area contributed by atoms with Crippen molar-refractivity contribution < 1.29 is 4.79 Å². The van der Waals surface area contributed by atoms with Crippen LogP contribution in [0.25, 0.3) is 10.9 Å². The Morgan fingerprint density at radius 2 is 2.30 bits per heavy atom. The maximum absolute atomic E-state index is 12.3. The van der Waals surface area contributed by atoms with Crippen molar-refractivity contribution in [3.8, 4) is 0 Å². The van der Waals surface area contributed by atoms with E-state index in [4.69, 9.17) is 0 Å². The van der Waals surface area contributed by atoms with Crippen LogP contribution in [0.3, 0.4) is 0 Å². The number of anilines is 1. The SMILES string of the molecule is O=C(Nc1ccc2ncccc2c1)c1cn(C2CCNC2)nn1. The van der Waals surface area contributed by atoms with Crippen LogP contribution in [0.1, 0.15) is 23.0 Å². The van der Waals surface area contributed by atoms with Gasteiger partial charge in [-0.3, -0.25) is 9.78 Å². The molecule has 116 valence electrons. The zero-order chi connectivity index (χ0) is 15.6. The lowest BCUT2D eigenvalue weighted by molar-refractivity contribution is 0.102. The molecular formula is C16H16N6O. The second kappa shape index (κ2) is 5.77. The fourth-order valence-electron chi connectivity index (χ4n) is 2.77. The van der Waals surface area contributed by atoms with E-state index >= 15 is 0 Å². The maximum Gasteiger partial charge on any atom is 0.277 e. The fraction of sp³-hybridized carbons (Fsp3) is 0.250. The Labute approximate surface area is 132 Å². The van der Waals surface area contributed by atoms with E-state index < -0.39 is 0 Å². The van der Waals surface area contributed by atoms with Crippen LogP contribution in [0.15, 0.2) is 42.7 Å². The molecule has 2 N–H and O–H groups in total. The van der Waals surface area contributed by atoms with Gasteiger partial charge in [0.25, 0.3) is 5.91 Å². The van der Waals surface area contributed by atoms with Crippen molar-refractivity contribution in [2.24, 2.45) is 0 Å².